The van der Waals surface area contributed by atoms with Gasteiger partial charge in [-0.3, -0.25) is 0 Å². The molecule has 1 aliphatic heterocycles. The topological polar surface area (TPSA) is 12.0 Å². The van der Waals surface area contributed by atoms with Crippen LogP contribution in [0.4, 0.5) is 0 Å². The van der Waals surface area contributed by atoms with Crippen LogP contribution in [0.3, 0.4) is 0 Å². The van der Waals surface area contributed by atoms with E-state index in [1.807, 2.05) is 0 Å². The van der Waals surface area contributed by atoms with Crippen molar-refractivity contribution in [3.05, 3.63) is 41.5 Å². The first kappa shape index (κ1) is 10.3. The Balaban J connectivity index is 0.000000845. The van der Waals surface area contributed by atoms with Crippen molar-refractivity contribution in [1.82, 2.24) is 5.32 Å². The first-order valence-electron chi connectivity index (χ1n) is 4.40. The quantitative estimate of drug-likeness (QED) is 0.726. The van der Waals surface area contributed by atoms with Crippen molar-refractivity contribution in [2.75, 3.05) is 13.1 Å². The Morgan fingerprint density at radius 3 is 2.54 bits per heavy atom. The number of rotatable bonds is 1. The van der Waals surface area contributed by atoms with Crippen LogP contribution in [-0.4, -0.2) is 13.1 Å². The Bertz CT molecular complexity index is 271. The van der Waals surface area contributed by atoms with Crippen molar-refractivity contribution in [2.45, 2.75) is 6.42 Å². The summed E-state index contributed by atoms with van der Waals surface area (Å²) < 4.78 is 0. The normalized spacial score (nSPS) is 18.6. The summed E-state index contributed by atoms with van der Waals surface area (Å²) in [5.74, 6) is 0. The molecule has 70 valence electrons. The van der Waals surface area contributed by atoms with Crippen molar-refractivity contribution >= 4 is 18.5 Å². The van der Waals surface area contributed by atoms with Crippen LogP contribution in [0.15, 0.2) is 35.9 Å². The molecule has 0 aliphatic carbocycles. The zero-order valence-electron chi connectivity index (χ0n) is 7.49. The zero-order valence-corrected chi connectivity index (χ0v) is 8.31. The lowest BCUT2D eigenvalue weighted by molar-refractivity contribution is 0.862. The van der Waals surface area contributed by atoms with Gasteiger partial charge in [0.1, 0.15) is 0 Å². The van der Waals surface area contributed by atoms with Gasteiger partial charge in [0.15, 0.2) is 0 Å². The molecule has 2 rings (SSSR count). The maximum atomic E-state index is 3.32. The lowest BCUT2D eigenvalue weighted by Gasteiger charge is -1.95. The summed E-state index contributed by atoms with van der Waals surface area (Å²) in [5, 5.41) is 3.32. The maximum absolute atomic E-state index is 3.32. The van der Waals surface area contributed by atoms with Gasteiger partial charge in [-0.15, -0.1) is 12.4 Å². The molecule has 1 aliphatic rings. The third-order valence-electron chi connectivity index (χ3n) is 2.15. The highest BCUT2D eigenvalue weighted by molar-refractivity contribution is 5.85. The second-order valence-electron chi connectivity index (χ2n) is 3.14. The Kier molecular flexibility index (Phi) is 4.00. The Hall–Kier alpha value is -0.790. The van der Waals surface area contributed by atoms with Gasteiger partial charge in [0, 0.05) is 6.54 Å². The van der Waals surface area contributed by atoms with E-state index in [0.717, 1.165) is 13.1 Å². The molecular formula is C11H14ClN. The van der Waals surface area contributed by atoms with Crippen LogP contribution in [-0.2, 0) is 0 Å². The van der Waals surface area contributed by atoms with Gasteiger partial charge in [-0.25, -0.2) is 0 Å². The maximum Gasteiger partial charge on any atom is 0.0168 e. The minimum Gasteiger partial charge on any atom is -0.313 e. The molecule has 0 bridgehead atoms. The van der Waals surface area contributed by atoms with E-state index >= 15 is 0 Å². The summed E-state index contributed by atoms with van der Waals surface area (Å²) in [5.41, 5.74) is 2.83. The van der Waals surface area contributed by atoms with Gasteiger partial charge in [-0.2, -0.15) is 0 Å². The standard InChI is InChI=1S/C11H13N.ClH/c1-2-4-10(5-3-1)8-11-6-7-12-9-11;/h1-5,8,12H,6-7,9H2;1H/b11-8+;. The Morgan fingerprint density at radius 1 is 1.15 bits per heavy atom. The Morgan fingerprint density at radius 2 is 1.92 bits per heavy atom. The summed E-state index contributed by atoms with van der Waals surface area (Å²) >= 11 is 0. The predicted octanol–water partition coefficient (Wildman–Crippen LogP) is 2.49. The van der Waals surface area contributed by atoms with Crippen LogP contribution >= 0.6 is 12.4 Å². The van der Waals surface area contributed by atoms with E-state index < -0.39 is 0 Å². The van der Waals surface area contributed by atoms with Gasteiger partial charge in [-0.05, 0) is 18.5 Å². The molecule has 1 fully saturated rings. The minimum absolute atomic E-state index is 0. The molecule has 1 aromatic carbocycles. The second kappa shape index (κ2) is 5.05. The molecule has 0 unspecified atom stereocenters. The van der Waals surface area contributed by atoms with E-state index in [2.05, 4.69) is 41.7 Å². The fourth-order valence-electron chi connectivity index (χ4n) is 1.49. The van der Waals surface area contributed by atoms with E-state index in [-0.39, 0.29) is 12.4 Å². The molecule has 2 heteroatoms. The van der Waals surface area contributed by atoms with Crippen LogP contribution in [0.25, 0.3) is 6.08 Å². The molecule has 13 heavy (non-hydrogen) atoms. The first-order chi connectivity index (χ1) is 5.95. The van der Waals surface area contributed by atoms with Crippen LogP contribution in [0.5, 0.6) is 0 Å². The summed E-state index contributed by atoms with van der Waals surface area (Å²) in [6.07, 6.45) is 3.48. The van der Waals surface area contributed by atoms with Crippen molar-refractivity contribution in [1.29, 1.82) is 0 Å². The zero-order chi connectivity index (χ0) is 8.23. The third kappa shape index (κ3) is 2.87. The highest BCUT2D eigenvalue weighted by Crippen LogP contribution is 2.11. The van der Waals surface area contributed by atoms with Crippen LogP contribution < -0.4 is 5.32 Å². The molecule has 1 aromatic rings. The largest absolute Gasteiger partial charge is 0.313 e. The smallest absolute Gasteiger partial charge is 0.0168 e. The van der Waals surface area contributed by atoms with Gasteiger partial charge in [0.05, 0.1) is 0 Å². The molecular weight excluding hydrogens is 182 g/mol. The van der Waals surface area contributed by atoms with Crippen LogP contribution in [0, 0.1) is 0 Å². The first-order valence-corrected chi connectivity index (χ1v) is 4.40. The van der Waals surface area contributed by atoms with Gasteiger partial charge >= 0.3 is 0 Å². The molecule has 1 heterocycles. The van der Waals surface area contributed by atoms with Crippen LogP contribution in [0.2, 0.25) is 0 Å². The van der Waals surface area contributed by atoms with Gasteiger partial charge < -0.3 is 5.32 Å². The predicted molar refractivity (Wildman–Crippen MR) is 59.2 cm³/mol. The van der Waals surface area contributed by atoms with E-state index in [4.69, 9.17) is 0 Å². The molecule has 0 spiro atoms. The summed E-state index contributed by atoms with van der Waals surface area (Å²) in [4.78, 5) is 0. The molecule has 0 amide bonds. The van der Waals surface area contributed by atoms with Crippen molar-refractivity contribution < 1.29 is 0 Å². The number of benzene rings is 1. The number of halogens is 1. The molecule has 1 N–H and O–H groups in total. The van der Waals surface area contributed by atoms with Gasteiger partial charge in [0.2, 0.25) is 0 Å². The monoisotopic (exact) mass is 195 g/mol. The fourth-order valence-corrected chi connectivity index (χ4v) is 1.49. The molecule has 0 atom stereocenters. The van der Waals surface area contributed by atoms with Crippen molar-refractivity contribution in [3.8, 4) is 0 Å². The molecule has 1 saturated heterocycles. The Labute approximate surface area is 85.3 Å². The average molecular weight is 196 g/mol. The molecule has 0 radical (unpaired) electrons. The summed E-state index contributed by atoms with van der Waals surface area (Å²) in [6, 6.07) is 10.5. The van der Waals surface area contributed by atoms with Crippen LogP contribution in [0.1, 0.15) is 12.0 Å². The summed E-state index contributed by atoms with van der Waals surface area (Å²) in [7, 11) is 0. The lowest BCUT2D eigenvalue weighted by atomic mass is 10.1. The van der Waals surface area contributed by atoms with E-state index in [0.29, 0.717) is 0 Å². The van der Waals surface area contributed by atoms with E-state index in [1.165, 1.54) is 17.6 Å². The minimum atomic E-state index is 0. The third-order valence-corrected chi connectivity index (χ3v) is 2.15. The molecule has 0 saturated carbocycles. The van der Waals surface area contributed by atoms with Gasteiger partial charge in [0.25, 0.3) is 0 Å². The average Bonchev–Trinajstić information content (AvgIpc) is 2.59. The van der Waals surface area contributed by atoms with E-state index in [9.17, 15) is 0 Å². The molecule has 0 aromatic heterocycles. The highest BCUT2D eigenvalue weighted by atomic mass is 35.5. The van der Waals surface area contributed by atoms with Gasteiger partial charge in [-0.1, -0.05) is 42.0 Å². The second-order valence-corrected chi connectivity index (χ2v) is 3.14. The number of nitrogens with one attached hydrogen (secondary N) is 1. The SMILES string of the molecule is C(=C1/CCNC1)/c1ccccc1.Cl. The number of hydrogen-bond acceptors (Lipinski definition) is 1. The van der Waals surface area contributed by atoms with Crippen molar-refractivity contribution in [3.63, 3.8) is 0 Å². The molecule has 1 nitrogen and oxygen atoms in total. The fraction of sp³-hybridized carbons (Fsp3) is 0.273. The van der Waals surface area contributed by atoms with Crippen molar-refractivity contribution in [2.24, 2.45) is 0 Å². The lowest BCUT2D eigenvalue weighted by Crippen LogP contribution is -2.04. The van der Waals surface area contributed by atoms with E-state index in [1.54, 1.807) is 0 Å². The summed E-state index contributed by atoms with van der Waals surface area (Å²) in [6.45, 7) is 2.20. The highest BCUT2D eigenvalue weighted by Gasteiger charge is 2.04. The number of hydrogen-bond donors (Lipinski definition) is 1.